The van der Waals surface area contributed by atoms with E-state index in [1.54, 1.807) is 0 Å². The second-order valence-electron chi connectivity index (χ2n) is 8.42. The number of hydrogen-bond acceptors (Lipinski definition) is 1. The van der Waals surface area contributed by atoms with Crippen molar-refractivity contribution in [1.82, 2.24) is 5.10 Å². The summed E-state index contributed by atoms with van der Waals surface area (Å²) in [5.41, 5.74) is 9.06. The lowest BCUT2D eigenvalue weighted by Crippen LogP contribution is -2.37. The molecular weight excluding hydrogens is 354 g/mol. The molecule has 1 aliphatic rings. The quantitative estimate of drug-likeness (QED) is 0.508. The number of aromatic nitrogens is 2. The zero-order chi connectivity index (χ0) is 20.2. The summed E-state index contributed by atoms with van der Waals surface area (Å²) in [7, 11) is 1.98. The molecule has 1 aliphatic carbocycles. The molecule has 2 nitrogen and oxygen atoms in total. The van der Waals surface area contributed by atoms with Crippen LogP contribution in [0.5, 0.6) is 0 Å². The molecule has 4 heteroatoms. The van der Waals surface area contributed by atoms with Gasteiger partial charge in [-0.3, -0.25) is 0 Å². The first-order chi connectivity index (χ1) is 13.2. The number of benzene rings is 2. The highest BCUT2D eigenvalue weighted by Crippen LogP contribution is 2.44. The average Bonchev–Trinajstić information content (AvgIpc) is 2.98. The Labute approximate surface area is 165 Å². The lowest BCUT2D eigenvalue weighted by atomic mass is 9.92. The van der Waals surface area contributed by atoms with Gasteiger partial charge in [-0.1, -0.05) is 22.4 Å². The molecule has 1 atom stereocenters. The lowest BCUT2D eigenvalue weighted by Gasteiger charge is -2.14. The van der Waals surface area contributed by atoms with Crippen LogP contribution in [0.2, 0.25) is 0 Å². The standard InChI is InChI=1S/C24H27F2N2/c1-14-10-15(2)16(3)21(11-14)23-17(4)20-12-18(6-7-22(20)27-28(23)5)19-8-9-24(25,26)13-19/h6-7,10-12,19H,8-9,13H2,1-5H3/q+1. The molecule has 1 fully saturated rings. The zero-order valence-electron chi connectivity index (χ0n) is 17.2. The maximum absolute atomic E-state index is 13.7. The molecule has 0 amide bonds. The summed E-state index contributed by atoms with van der Waals surface area (Å²) in [5, 5.41) is 5.83. The van der Waals surface area contributed by atoms with Crippen molar-refractivity contribution in [1.29, 1.82) is 0 Å². The Hall–Kier alpha value is -2.36. The van der Waals surface area contributed by atoms with Crippen LogP contribution in [-0.2, 0) is 7.05 Å². The van der Waals surface area contributed by atoms with Crippen LogP contribution in [0.15, 0.2) is 30.3 Å². The Balaban J connectivity index is 1.90. The van der Waals surface area contributed by atoms with E-state index >= 15 is 0 Å². The number of fused-ring (bicyclic) bond motifs is 1. The number of rotatable bonds is 2. The van der Waals surface area contributed by atoms with Crippen molar-refractivity contribution >= 4 is 10.9 Å². The maximum atomic E-state index is 13.7. The highest BCUT2D eigenvalue weighted by atomic mass is 19.3. The molecular formula is C24H27F2N2+. The first-order valence-electron chi connectivity index (χ1n) is 9.93. The van der Waals surface area contributed by atoms with Crippen LogP contribution >= 0.6 is 0 Å². The van der Waals surface area contributed by atoms with Crippen LogP contribution in [0.25, 0.3) is 22.2 Å². The monoisotopic (exact) mass is 381 g/mol. The molecule has 0 radical (unpaired) electrons. The Bertz CT molecular complexity index is 1090. The van der Waals surface area contributed by atoms with Gasteiger partial charge in [0, 0.05) is 28.9 Å². The normalized spacial score (nSPS) is 18.8. The third-order valence-corrected chi connectivity index (χ3v) is 6.30. The molecule has 0 spiro atoms. The van der Waals surface area contributed by atoms with E-state index < -0.39 is 5.92 Å². The van der Waals surface area contributed by atoms with Crippen molar-refractivity contribution in [2.24, 2.45) is 7.05 Å². The van der Waals surface area contributed by atoms with Crippen molar-refractivity contribution in [2.45, 2.75) is 58.8 Å². The van der Waals surface area contributed by atoms with Gasteiger partial charge in [0.1, 0.15) is 5.52 Å². The van der Waals surface area contributed by atoms with Crippen LogP contribution in [0.1, 0.15) is 53.0 Å². The number of alkyl halides is 2. The fourth-order valence-corrected chi connectivity index (χ4v) is 4.67. The van der Waals surface area contributed by atoms with E-state index in [-0.39, 0.29) is 18.8 Å². The highest BCUT2D eigenvalue weighted by Gasteiger charge is 2.40. The molecule has 4 rings (SSSR count). The van der Waals surface area contributed by atoms with Crippen molar-refractivity contribution in [3.8, 4) is 11.3 Å². The molecule has 1 heterocycles. The van der Waals surface area contributed by atoms with Crippen LogP contribution in [0.3, 0.4) is 0 Å². The SMILES string of the molecule is Cc1cc(C)c(C)c(-c2c(C)c3cc(C4CCC(F)(F)C4)ccc3n[n+]2C)c1. The molecule has 3 aromatic rings. The summed E-state index contributed by atoms with van der Waals surface area (Å²) in [6.07, 6.45) is 0.493. The van der Waals surface area contributed by atoms with E-state index in [1.807, 2.05) is 23.9 Å². The Morgan fingerprint density at radius 3 is 2.46 bits per heavy atom. The van der Waals surface area contributed by atoms with Crippen molar-refractivity contribution < 1.29 is 13.5 Å². The van der Waals surface area contributed by atoms with Gasteiger partial charge in [0.2, 0.25) is 11.6 Å². The van der Waals surface area contributed by atoms with E-state index in [0.717, 1.165) is 27.7 Å². The molecule has 0 N–H and O–H groups in total. The minimum Gasteiger partial charge on any atom is -0.207 e. The number of nitrogens with zero attached hydrogens (tertiary/aromatic N) is 2. The molecule has 0 bridgehead atoms. The highest BCUT2D eigenvalue weighted by molar-refractivity contribution is 5.86. The van der Waals surface area contributed by atoms with Crippen LogP contribution < -0.4 is 4.68 Å². The van der Waals surface area contributed by atoms with E-state index in [4.69, 9.17) is 5.10 Å². The lowest BCUT2D eigenvalue weighted by molar-refractivity contribution is -0.718. The minimum atomic E-state index is -2.53. The largest absolute Gasteiger partial charge is 0.248 e. The fraction of sp³-hybridized carbons (Fsp3) is 0.417. The fourth-order valence-electron chi connectivity index (χ4n) is 4.67. The van der Waals surface area contributed by atoms with Crippen LogP contribution in [0.4, 0.5) is 8.78 Å². The van der Waals surface area contributed by atoms with Crippen molar-refractivity contribution in [3.05, 3.63) is 58.1 Å². The summed E-state index contributed by atoms with van der Waals surface area (Å²) in [6.45, 7) is 8.50. The minimum absolute atomic E-state index is 0.0102. The summed E-state index contributed by atoms with van der Waals surface area (Å²) in [5.74, 6) is -2.60. The van der Waals surface area contributed by atoms with Gasteiger partial charge >= 0.3 is 0 Å². The van der Waals surface area contributed by atoms with E-state index in [1.165, 1.54) is 22.3 Å². The van der Waals surface area contributed by atoms with Crippen molar-refractivity contribution in [3.63, 3.8) is 0 Å². The van der Waals surface area contributed by atoms with Gasteiger partial charge in [-0.25, -0.2) is 8.78 Å². The van der Waals surface area contributed by atoms with Gasteiger partial charge in [-0.05, 0) is 74.9 Å². The first kappa shape index (κ1) is 19.0. The number of halogens is 2. The molecule has 0 aliphatic heterocycles. The van der Waals surface area contributed by atoms with Gasteiger partial charge in [-0.2, -0.15) is 0 Å². The molecule has 28 heavy (non-hydrogen) atoms. The van der Waals surface area contributed by atoms with Gasteiger partial charge in [0.15, 0.2) is 7.05 Å². The average molecular weight is 381 g/mol. The molecule has 1 unspecified atom stereocenters. The second kappa shape index (κ2) is 6.61. The zero-order valence-corrected chi connectivity index (χ0v) is 17.2. The second-order valence-corrected chi connectivity index (χ2v) is 8.42. The Morgan fingerprint density at radius 1 is 1.04 bits per heavy atom. The van der Waals surface area contributed by atoms with Crippen LogP contribution in [-0.4, -0.2) is 11.0 Å². The predicted octanol–water partition coefficient (Wildman–Crippen LogP) is 5.86. The van der Waals surface area contributed by atoms with Gasteiger partial charge in [-0.15, -0.1) is 0 Å². The molecule has 146 valence electrons. The molecule has 0 saturated heterocycles. The molecule has 1 saturated carbocycles. The summed E-state index contributed by atoms with van der Waals surface area (Å²) < 4.78 is 29.4. The summed E-state index contributed by atoms with van der Waals surface area (Å²) in [6, 6.07) is 10.4. The van der Waals surface area contributed by atoms with E-state index in [0.29, 0.717) is 6.42 Å². The number of aryl methyl sites for hydroxylation is 4. The van der Waals surface area contributed by atoms with Crippen LogP contribution in [0, 0.1) is 27.7 Å². The predicted molar refractivity (Wildman–Crippen MR) is 109 cm³/mol. The molecule has 1 aromatic heterocycles. The molecule has 2 aromatic carbocycles. The Kier molecular flexibility index (Phi) is 4.48. The van der Waals surface area contributed by atoms with Gasteiger partial charge in [0.25, 0.3) is 0 Å². The van der Waals surface area contributed by atoms with E-state index in [9.17, 15) is 8.78 Å². The summed E-state index contributed by atoms with van der Waals surface area (Å²) in [4.78, 5) is 0. The Morgan fingerprint density at radius 2 is 1.79 bits per heavy atom. The van der Waals surface area contributed by atoms with Gasteiger partial charge in [0.05, 0.1) is 5.56 Å². The number of hydrogen-bond donors (Lipinski definition) is 0. The first-order valence-corrected chi connectivity index (χ1v) is 9.93. The topological polar surface area (TPSA) is 16.8 Å². The maximum Gasteiger partial charge on any atom is 0.248 e. The van der Waals surface area contributed by atoms with Gasteiger partial charge < -0.3 is 0 Å². The summed E-state index contributed by atoms with van der Waals surface area (Å²) >= 11 is 0. The third kappa shape index (κ3) is 3.19. The third-order valence-electron chi connectivity index (χ3n) is 6.30. The smallest absolute Gasteiger partial charge is 0.207 e. The van der Waals surface area contributed by atoms with Crippen molar-refractivity contribution in [2.75, 3.05) is 0 Å². The van der Waals surface area contributed by atoms with E-state index in [2.05, 4.69) is 45.9 Å².